The Labute approximate surface area is 233 Å². The molecule has 0 aliphatic carbocycles. The van der Waals surface area contributed by atoms with E-state index in [1.54, 1.807) is 42.4 Å². The molecule has 1 fully saturated rings. The lowest BCUT2D eigenvalue weighted by Gasteiger charge is -2.23. The van der Waals surface area contributed by atoms with Crippen molar-refractivity contribution < 1.29 is 9.59 Å². The molecule has 0 bridgehead atoms. The molecule has 0 saturated carbocycles. The number of nitrogens with zero attached hydrogens (tertiary/aromatic N) is 4. The van der Waals surface area contributed by atoms with E-state index in [1.807, 2.05) is 58.0 Å². The van der Waals surface area contributed by atoms with E-state index in [0.717, 1.165) is 35.4 Å². The van der Waals surface area contributed by atoms with E-state index in [0.29, 0.717) is 23.6 Å². The summed E-state index contributed by atoms with van der Waals surface area (Å²) >= 11 is 0. The second-order valence-corrected chi connectivity index (χ2v) is 8.86. The Morgan fingerprint density at radius 2 is 1.77 bits per heavy atom. The van der Waals surface area contributed by atoms with Crippen LogP contribution in [-0.2, 0) is 4.79 Å². The van der Waals surface area contributed by atoms with Gasteiger partial charge in [-0.2, -0.15) is 0 Å². The summed E-state index contributed by atoms with van der Waals surface area (Å²) in [4.78, 5) is 39.0. The highest BCUT2D eigenvalue weighted by Crippen LogP contribution is 2.25. The van der Waals surface area contributed by atoms with E-state index in [9.17, 15) is 9.59 Å². The number of amides is 1. The number of ketones is 1. The molecule has 2 aromatic rings. The summed E-state index contributed by atoms with van der Waals surface area (Å²) < 4.78 is 0. The van der Waals surface area contributed by atoms with Crippen molar-refractivity contribution >= 4 is 28.9 Å². The van der Waals surface area contributed by atoms with Crippen molar-refractivity contribution in [1.29, 1.82) is 0 Å². The van der Waals surface area contributed by atoms with Gasteiger partial charge in [-0.1, -0.05) is 49.8 Å². The van der Waals surface area contributed by atoms with Crippen molar-refractivity contribution in [3.8, 4) is 11.8 Å². The molecule has 2 N–H and O–H groups in total. The van der Waals surface area contributed by atoms with Crippen LogP contribution in [0.25, 0.3) is 5.70 Å². The molecule has 1 amide bonds. The first-order valence-electron chi connectivity index (χ1n) is 12.6. The Morgan fingerprint density at radius 1 is 1.10 bits per heavy atom. The molecule has 206 valence electrons. The molecule has 0 radical (unpaired) electrons. The molecule has 0 spiro atoms. The third-order valence-electron chi connectivity index (χ3n) is 6.00. The zero-order valence-corrected chi connectivity index (χ0v) is 23.2. The minimum atomic E-state index is -0.179. The Bertz CT molecular complexity index is 1290. The molecule has 1 aliphatic heterocycles. The van der Waals surface area contributed by atoms with Gasteiger partial charge in [0.1, 0.15) is 5.84 Å². The quantitative estimate of drug-likeness (QED) is 0.215. The van der Waals surface area contributed by atoms with Crippen molar-refractivity contribution in [2.75, 3.05) is 6.54 Å². The highest BCUT2D eigenvalue weighted by molar-refractivity contribution is 6.06. The van der Waals surface area contributed by atoms with Gasteiger partial charge in [0.25, 0.3) is 5.91 Å². The number of Topliss-reactive ketones (excluding diaryl/α,β-unsaturated/α-hetero) is 1. The molecule has 7 heteroatoms. The maximum atomic E-state index is 12.4. The average molecular weight is 528 g/mol. The highest BCUT2D eigenvalue weighted by atomic mass is 16.2. The van der Waals surface area contributed by atoms with Crippen molar-refractivity contribution in [1.82, 2.24) is 9.88 Å². The molecular formula is C32H41N5O2. The third kappa shape index (κ3) is 9.82. The summed E-state index contributed by atoms with van der Waals surface area (Å²) in [7, 11) is 0. The zero-order chi connectivity index (χ0) is 28.1. The first kappa shape index (κ1) is 32.7. The fraction of sp³-hybridized carbons (Fsp3) is 0.344. The summed E-state index contributed by atoms with van der Waals surface area (Å²) in [5.74, 6) is 5.49. The second kappa shape index (κ2) is 16.5. The third-order valence-corrected chi connectivity index (χ3v) is 6.00. The van der Waals surface area contributed by atoms with Gasteiger partial charge in [0.05, 0.1) is 11.7 Å². The number of amidine groups is 1. The largest absolute Gasteiger partial charge is 0.383 e. The number of nitrogens with two attached hydrogens (primary N) is 1. The van der Waals surface area contributed by atoms with Crippen LogP contribution in [-0.4, -0.2) is 45.7 Å². The van der Waals surface area contributed by atoms with E-state index in [-0.39, 0.29) is 25.2 Å². The molecule has 1 atom stereocenters. The van der Waals surface area contributed by atoms with Crippen molar-refractivity contribution in [2.24, 2.45) is 15.7 Å². The van der Waals surface area contributed by atoms with Crippen LogP contribution in [0.2, 0.25) is 0 Å². The van der Waals surface area contributed by atoms with E-state index in [4.69, 9.17) is 10.7 Å². The van der Waals surface area contributed by atoms with Gasteiger partial charge in [0.15, 0.2) is 5.78 Å². The van der Waals surface area contributed by atoms with Crippen molar-refractivity contribution in [2.45, 2.75) is 67.9 Å². The van der Waals surface area contributed by atoms with E-state index < -0.39 is 0 Å². The van der Waals surface area contributed by atoms with Gasteiger partial charge in [0, 0.05) is 47.0 Å². The number of pyridine rings is 1. The monoisotopic (exact) mass is 527 g/mol. The van der Waals surface area contributed by atoms with Crippen molar-refractivity contribution in [3.63, 3.8) is 0 Å². The zero-order valence-electron chi connectivity index (χ0n) is 23.2. The standard InChI is InChI=1S/C25H30N4O2.C6H7N.CH4/c1-6-9-23(31)29-16-8-10-22(29)18(4)28-24(17(3)25(26)27-15-7-2)21-13-11-20(12-14-21)19(5)30;1-6-4-2-3-5-7-6;/h7,11-15,22H,8,10,16H2,1-5H3,(H2,26,27);2-5H,1H3;1H4/b15-7-,24-17+,28-18?;;. The number of aliphatic imine (C=N–C) groups is 2. The van der Waals surface area contributed by atoms with Gasteiger partial charge in [-0.15, -0.1) is 0 Å². The fourth-order valence-corrected chi connectivity index (χ4v) is 3.92. The number of likely N-dealkylation sites (tertiary alicyclic amines) is 1. The molecule has 1 aliphatic rings. The van der Waals surface area contributed by atoms with Crippen LogP contribution in [0.4, 0.5) is 0 Å². The predicted octanol–water partition coefficient (Wildman–Crippen LogP) is 6.01. The molecule has 1 aromatic carbocycles. The lowest BCUT2D eigenvalue weighted by atomic mass is 10.0. The minimum Gasteiger partial charge on any atom is -0.383 e. The number of carbonyl (C=O) groups excluding carboxylic acids is 2. The van der Waals surface area contributed by atoms with Crippen LogP contribution in [0.1, 0.15) is 76.5 Å². The number of carbonyl (C=O) groups is 2. The summed E-state index contributed by atoms with van der Waals surface area (Å²) in [5.41, 5.74) is 10.9. The van der Waals surface area contributed by atoms with E-state index in [2.05, 4.69) is 21.8 Å². The van der Waals surface area contributed by atoms with Crippen LogP contribution < -0.4 is 5.73 Å². The molecule has 39 heavy (non-hydrogen) atoms. The molecule has 2 heterocycles. The molecule has 1 saturated heterocycles. The number of allylic oxidation sites excluding steroid dienone is 1. The Balaban J connectivity index is 0.000000823. The first-order chi connectivity index (χ1) is 18.2. The first-order valence-corrected chi connectivity index (χ1v) is 12.6. The summed E-state index contributed by atoms with van der Waals surface area (Å²) in [5, 5.41) is 0. The molecule has 1 aromatic heterocycles. The smallest absolute Gasteiger partial charge is 0.299 e. The Morgan fingerprint density at radius 3 is 2.28 bits per heavy atom. The predicted molar refractivity (Wildman–Crippen MR) is 162 cm³/mol. The van der Waals surface area contributed by atoms with Gasteiger partial charge in [-0.3, -0.25) is 19.6 Å². The van der Waals surface area contributed by atoms with Crippen LogP contribution >= 0.6 is 0 Å². The van der Waals surface area contributed by atoms with E-state index in [1.165, 1.54) is 6.92 Å². The summed E-state index contributed by atoms with van der Waals surface area (Å²) in [6.07, 6.45) is 6.96. The number of benzene rings is 1. The number of hydrogen-bond donors (Lipinski definition) is 1. The van der Waals surface area contributed by atoms with Gasteiger partial charge in [0.2, 0.25) is 0 Å². The van der Waals surface area contributed by atoms with Gasteiger partial charge in [-0.05, 0) is 72.4 Å². The molecule has 1 unspecified atom stereocenters. The number of aryl methyl sites for hydroxylation is 1. The normalized spacial score (nSPS) is 15.8. The summed E-state index contributed by atoms with van der Waals surface area (Å²) in [6, 6.07) is 13.0. The van der Waals surface area contributed by atoms with Crippen molar-refractivity contribution in [3.05, 3.63) is 83.3 Å². The SMILES string of the molecule is C.CC#CC(=O)N1CCCC1C(C)=N/C(=C(C)/C(N)=N\C=C/C)c1ccc(C(C)=O)cc1.Cc1ccccn1. The number of rotatable bonds is 6. The molecule has 7 nitrogen and oxygen atoms in total. The summed E-state index contributed by atoms with van der Waals surface area (Å²) in [6.45, 7) is 11.5. The maximum absolute atomic E-state index is 12.4. The van der Waals surface area contributed by atoms with Crippen LogP contribution in [0.15, 0.2) is 76.5 Å². The number of aromatic nitrogens is 1. The lowest BCUT2D eigenvalue weighted by Crippen LogP contribution is -2.39. The fourth-order valence-electron chi connectivity index (χ4n) is 3.92. The van der Waals surface area contributed by atoms with Crippen LogP contribution in [0, 0.1) is 18.8 Å². The average Bonchev–Trinajstić information content (AvgIpc) is 3.41. The second-order valence-electron chi connectivity index (χ2n) is 8.86. The van der Waals surface area contributed by atoms with Gasteiger partial charge in [-0.25, -0.2) is 4.99 Å². The van der Waals surface area contributed by atoms with Gasteiger partial charge >= 0.3 is 0 Å². The lowest BCUT2D eigenvalue weighted by molar-refractivity contribution is -0.124. The minimum absolute atomic E-state index is 0. The Kier molecular flexibility index (Phi) is 13.9. The highest BCUT2D eigenvalue weighted by Gasteiger charge is 2.30. The van der Waals surface area contributed by atoms with Gasteiger partial charge < -0.3 is 10.6 Å². The van der Waals surface area contributed by atoms with Crippen LogP contribution in [0.3, 0.4) is 0 Å². The number of hydrogen-bond acceptors (Lipinski definition) is 5. The Hall–Kier alpha value is -4.31. The van der Waals surface area contributed by atoms with E-state index >= 15 is 0 Å². The molecular weight excluding hydrogens is 486 g/mol. The van der Waals surface area contributed by atoms with Crippen LogP contribution in [0.5, 0.6) is 0 Å². The maximum Gasteiger partial charge on any atom is 0.299 e. The topological polar surface area (TPSA) is 101 Å². The molecule has 3 rings (SSSR count).